The Labute approximate surface area is 114 Å². The molecular weight excluding hydrogens is 263 g/mol. The fourth-order valence-corrected chi connectivity index (χ4v) is 1.84. The summed E-state index contributed by atoms with van der Waals surface area (Å²) in [5, 5.41) is 23.5. The highest BCUT2D eigenvalue weighted by atomic mass is 19.1. The quantitative estimate of drug-likeness (QED) is 0.650. The van der Waals surface area contributed by atoms with Crippen LogP contribution in [0.1, 0.15) is 11.7 Å². The van der Waals surface area contributed by atoms with Crippen LogP contribution in [0.25, 0.3) is 0 Å². The van der Waals surface area contributed by atoms with Crippen LogP contribution < -0.4 is 5.32 Å². The number of benzene rings is 2. The second-order valence-corrected chi connectivity index (χ2v) is 4.20. The number of hydrogen-bond donors (Lipinski definition) is 2. The Morgan fingerprint density at radius 1 is 1.20 bits per heavy atom. The Morgan fingerprint density at radius 3 is 2.55 bits per heavy atom. The molecule has 0 saturated carbocycles. The molecule has 0 aliphatic carbocycles. The third kappa shape index (κ3) is 3.10. The lowest BCUT2D eigenvalue weighted by atomic mass is 10.1. The van der Waals surface area contributed by atoms with Gasteiger partial charge >= 0.3 is 5.69 Å². The van der Waals surface area contributed by atoms with Crippen LogP contribution in [0.15, 0.2) is 48.5 Å². The molecule has 1 atom stereocenters. The molecule has 0 radical (unpaired) electrons. The van der Waals surface area contributed by atoms with E-state index in [-0.39, 0.29) is 12.2 Å². The number of nitro benzene ring substituents is 1. The number of rotatable bonds is 5. The third-order valence-electron chi connectivity index (χ3n) is 2.84. The fourth-order valence-electron chi connectivity index (χ4n) is 1.84. The summed E-state index contributed by atoms with van der Waals surface area (Å²) in [5.41, 5.74) is 0.108. The molecule has 2 rings (SSSR count). The van der Waals surface area contributed by atoms with Crippen molar-refractivity contribution >= 4 is 11.4 Å². The zero-order valence-corrected chi connectivity index (χ0v) is 10.5. The molecule has 0 spiro atoms. The molecule has 0 aliphatic heterocycles. The summed E-state index contributed by atoms with van der Waals surface area (Å²) in [6.07, 6.45) is -0.834. The largest absolute Gasteiger partial charge is 0.387 e. The van der Waals surface area contributed by atoms with Gasteiger partial charge in [0.15, 0.2) is 0 Å². The van der Waals surface area contributed by atoms with Gasteiger partial charge in [-0.05, 0) is 17.7 Å². The fraction of sp³-hybridized carbons (Fsp3) is 0.143. The lowest BCUT2D eigenvalue weighted by Gasteiger charge is -2.13. The molecule has 0 saturated heterocycles. The van der Waals surface area contributed by atoms with Crippen LogP contribution in [0.4, 0.5) is 15.8 Å². The van der Waals surface area contributed by atoms with Gasteiger partial charge in [-0.25, -0.2) is 0 Å². The Bertz CT molecular complexity index is 605. The number of hydrogen-bond acceptors (Lipinski definition) is 4. The summed E-state index contributed by atoms with van der Waals surface area (Å²) in [7, 11) is 0. The van der Waals surface area contributed by atoms with Crippen LogP contribution >= 0.6 is 0 Å². The van der Waals surface area contributed by atoms with Crippen molar-refractivity contribution in [2.45, 2.75) is 6.10 Å². The van der Waals surface area contributed by atoms with Gasteiger partial charge < -0.3 is 10.4 Å². The second kappa shape index (κ2) is 6.12. The van der Waals surface area contributed by atoms with Crippen LogP contribution in [0.3, 0.4) is 0 Å². The molecule has 104 valence electrons. The molecular formula is C14H13FN2O3. The summed E-state index contributed by atoms with van der Waals surface area (Å²) < 4.78 is 13.4. The van der Waals surface area contributed by atoms with E-state index in [2.05, 4.69) is 5.32 Å². The monoisotopic (exact) mass is 276 g/mol. The standard InChI is InChI=1S/C14H13FN2O3/c15-11-7-4-8-12(14(11)17(19)20)16-9-13(18)10-5-2-1-3-6-10/h1-8,13,16,18H,9H2. The Morgan fingerprint density at radius 2 is 1.90 bits per heavy atom. The lowest BCUT2D eigenvalue weighted by molar-refractivity contribution is -0.386. The molecule has 0 bridgehead atoms. The Hall–Kier alpha value is -2.47. The van der Waals surface area contributed by atoms with Crippen LogP contribution in [0, 0.1) is 15.9 Å². The van der Waals surface area contributed by atoms with E-state index in [0.29, 0.717) is 5.56 Å². The summed E-state index contributed by atoms with van der Waals surface area (Å²) in [5.74, 6) is -0.908. The molecule has 20 heavy (non-hydrogen) atoms. The number of nitro groups is 1. The number of nitrogens with zero attached hydrogens (tertiary/aromatic N) is 1. The Balaban J connectivity index is 2.12. The van der Waals surface area contributed by atoms with Crippen LogP contribution in [0.2, 0.25) is 0 Å². The van der Waals surface area contributed by atoms with Gasteiger partial charge in [-0.1, -0.05) is 36.4 Å². The smallest absolute Gasteiger partial charge is 0.327 e. The third-order valence-corrected chi connectivity index (χ3v) is 2.84. The highest BCUT2D eigenvalue weighted by Gasteiger charge is 2.20. The molecule has 0 aromatic heterocycles. The van der Waals surface area contributed by atoms with Crippen molar-refractivity contribution in [1.82, 2.24) is 0 Å². The summed E-state index contributed by atoms with van der Waals surface area (Å²) in [6, 6.07) is 12.7. The minimum Gasteiger partial charge on any atom is -0.387 e. The number of anilines is 1. The van der Waals surface area contributed by atoms with Crippen LogP contribution in [-0.2, 0) is 0 Å². The van der Waals surface area contributed by atoms with E-state index in [1.807, 2.05) is 6.07 Å². The van der Waals surface area contributed by atoms with E-state index in [0.717, 1.165) is 6.07 Å². The molecule has 0 fully saturated rings. The molecule has 0 heterocycles. The molecule has 0 amide bonds. The van der Waals surface area contributed by atoms with Crippen molar-refractivity contribution in [1.29, 1.82) is 0 Å². The van der Waals surface area contributed by atoms with E-state index in [4.69, 9.17) is 0 Å². The number of halogens is 1. The van der Waals surface area contributed by atoms with E-state index in [9.17, 15) is 19.6 Å². The maximum Gasteiger partial charge on any atom is 0.327 e. The first-order valence-corrected chi connectivity index (χ1v) is 5.99. The zero-order valence-electron chi connectivity index (χ0n) is 10.5. The van der Waals surface area contributed by atoms with Gasteiger partial charge in [0.25, 0.3) is 0 Å². The van der Waals surface area contributed by atoms with Crippen molar-refractivity contribution in [2.75, 3.05) is 11.9 Å². The molecule has 5 nitrogen and oxygen atoms in total. The molecule has 2 aromatic rings. The number of para-hydroxylation sites is 1. The van der Waals surface area contributed by atoms with Crippen LogP contribution in [0.5, 0.6) is 0 Å². The summed E-state index contributed by atoms with van der Waals surface area (Å²) in [4.78, 5) is 10.0. The van der Waals surface area contributed by atoms with E-state index < -0.39 is 22.5 Å². The van der Waals surface area contributed by atoms with E-state index >= 15 is 0 Å². The van der Waals surface area contributed by atoms with Gasteiger partial charge in [0.05, 0.1) is 11.0 Å². The second-order valence-electron chi connectivity index (χ2n) is 4.20. The summed E-state index contributed by atoms with van der Waals surface area (Å²) in [6.45, 7) is 0.0499. The van der Waals surface area contributed by atoms with Crippen molar-refractivity contribution in [3.63, 3.8) is 0 Å². The average Bonchev–Trinajstić information content (AvgIpc) is 2.45. The average molecular weight is 276 g/mol. The van der Waals surface area contributed by atoms with E-state index in [1.54, 1.807) is 24.3 Å². The minimum absolute atomic E-state index is 0.0463. The highest BCUT2D eigenvalue weighted by Crippen LogP contribution is 2.27. The van der Waals surface area contributed by atoms with Crippen molar-refractivity contribution in [3.8, 4) is 0 Å². The maximum atomic E-state index is 13.4. The maximum absolute atomic E-state index is 13.4. The molecule has 2 aromatic carbocycles. The van der Waals surface area contributed by atoms with Gasteiger partial charge in [-0.2, -0.15) is 4.39 Å². The van der Waals surface area contributed by atoms with E-state index in [1.165, 1.54) is 12.1 Å². The van der Waals surface area contributed by atoms with Gasteiger partial charge in [0.1, 0.15) is 5.69 Å². The van der Waals surface area contributed by atoms with Gasteiger partial charge in [-0.15, -0.1) is 0 Å². The first-order valence-electron chi connectivity index (χ1n) is 5.99. The van der Waals surface area contributed by atoms with Gasteiger partial charge in [-0.3, -0.25) is 10.1 Å². The SMILES string of the molecule is O=[N+]([O-])c1c(F)cccc1NCC(O)c1ccccc1. The predicted octanol–water partition coefficient (Wildman–Crippen LogP) is 2.88. The predicted molar refractivity (Wildman–Crippen MR) is 72.9 cm³/mol. The highest BCUT2D eigenvalue weighted by molar-refractivity contribution is 5.62. The van der Waals surface area contributed by atoms with Crippen molar-refractivity contribution in [3.05, 3.63) is 70.0 Å². The van der Waals surface area contributed by atoms with Gasteiger partial charge in [0.2, 0.25) is 5.82 Å². The molecule has 0 aliphatic rings. The first-order chi connectivity index (χ1) is 9.59. The lowest BCUT2D eigenvalue weighted by Crippen LogP contribution is -2.13. The number of aliphatic hydroxyl groups is 1. The van der Waals surface area contributed by atoms with Crippen molar-refractivity contribution < 1.29 is 14.4 Å². The topological polar surface area (TPSA) is 75.4 Å². The molecule has 6 heteroatoms. The Kier molecular flexibility index (Phi) is 4.27. The normalized spacial score (nSPS) is 11.9. The molecule has 1 unspecified atom stereocenters. The van der Waals surface area contributed by atoms with Crippen LogP contribution in [-0.4, -0.2) is 16.6 Å². The summed E-state index contributed by atoms with van der Waals surface area (Å²) >= 11 is 0. The van der Waals surface area contributed by atoms with Gasteiger partial charge in [0, 0.05) is 6.54 Å². The number of nitrogens with one attached hydrogen (secondary N) is 1. The zero-order chi connectivity index (χ0) is 14.5. The first kappa shape index (κ1) is 14.0. The minimum atomic E-state index is -0.908. The molecule has 2 N–H and O–H groups in total. The van der Waals surface area contributed by atoms with Crippen molar-refractivity contribution in [2.24, 2.45) is 0 Å². The number of aliphatic hydroxyl groups excluding tert-OH is 1.